The molecule has 0 aromatic heterocycles. The summed E-state index contributed by atoms with van der Waals surface area (Å²) in [4.78, 5) is 12.7. The van der Waals surface area contributed by atoms with Crippen molar-refractivity contribution < 1.29 is 9.53 Å². The van der Waals surface area contributed by atoms with Crippen LogP contribution >= 0.6 is 0 Å². The van der Waals surface area contributed by atoms with E-state index in [2.05, 4.69) is 43.3 Å². The fourth-order valence-corrected chi connectivity index (χ4v) is 4.69. The van der Waals surface area contributed by atoms with Crippen LogP contribution in [0, 0.1) is 12.3 Å². The number of Topliss-reactive ketones (excluding diaryl/α,β-unsaturated/α-hetero) is 1. The fraction of sp³-hybridized carbons (Fsp3) is 0.500. The highest BCUT2D eigenvalue weighted by atomic mass is 16.5. The highest BCUT2D eigenvalue weighted by Crippen LogP contribution is 2.57. The first-order valence-electron chi connectivity index (χ1n) is 10.6. The lowest BCUT2D eigenvalue weighted by molar-refractivity contribution is -0.138. The van der Waals surface area contributed by atoms with Gasteiger partial charge in [-0.25, -0.2) is 0 Å². The van der Waals surface area contributed by atoms with Crippen molar-refractivity contribution in [3.05, 3.63) is 53.1 Å². The van der Waals surface area contributed by atoms with E-state index in [-0.39, 0.29) is 11.4 Å². The number of rotatable bonds is 4. The molecule has 1 spiro atoms. The summed E-state index contributed by atoms with van der Waals surface area (Å²) in [5.41, 5.74) is 5.06. The van der Waals surface area contributed by atoms with Crippen molar-refractivity contribution in [2.75, 3.05) is 0 Å². The molecule has 148 valence electrons. The standard InChI is InChI=1S/C26H32O2/c1-17-16-20-8-6-7-9-21(20)23(19-10-12-26(13-11-19)14-15-26)22(17)24(18(2)27)28-25(3,4)5/h6-10,16,24H,11-15H2,1-5H3/t24-/m1/s1. The molecule has 0 saturated heterocycles. The van der Waals surface area contributed by atoms with Crippen LogP contribution < -0.4 is 0 Å². The van der Waals surface area contributed by atoms with E-state index in [1.54, 1.807) is 6.92 Å². The first-order valence-corrected chi connectivity index (χ1v) is 10.6. The molecule has 0 radical (unpaired) electrons. The van der Waals surface area contributed by atoms with E-state index in [9.17, 15) is 4.79 Å². The lowest BCUT2D eigenvalue weighted by Crippen LogP contribution is -2.27. The molecule has 2 aromatic carbocycles. The molecular weight excluding hydrogens is 344 g/mol. The molecule has 0 N–H and O–H groups in total. The van der Waals surface area contributed by atoms with Crippen molar-refractivity contribution in [2.45, 2.75) is 78.4 Å². The van der Waals surface area contributed by atoms with Crippen LogP contribution in [0.25, 0.3) is 16.3 Å². The third kappa shape index (κ3) is 3.67. The maximum atomic E-state index is 12.7. The fourth-order valence-electron chi connectivity index (χ4n) is 4.69. The molecule has 2 nitrogen and oxygen atoms in total. The number of benzene rings is 2. The van der Waals surface area contributed by atoms with E-state index in [1.807, 2.05) is 20.8 Å². The maximum absolute atomic E-state index is 12.7. The van der Waals surface area contributed by atoms with Crippen molar-refractivity contribution in [3.8, 4) is 0 Å². The van der Waals surface area contributed by atoms with Gasteiger partial charge in [0.1, 0.15) is 6.10 Å². The Morgan fingerprint density at radius 3 is 2.43 bits per heavy atom. The lowest BCUT2D eigenvalue weighted by Gasteiger charge is -2.31. The van der Waals surface area contributed by atoms with Crippen molar-refractivity contribution in [1.82, 2.24) is 0 Å². The van der Waals surface area contributed by atoms with Crippen LogP contribution in [0.15, 0.2) is 36.4 Å². The van der Waals surface area contributed by atoms with E-state index in [0.717, 1.165) is 17.5 Å². The van der Waals surface area contributed by atoms with Gasteiger partial charge in [0.25, 0.3) is 0 Å². The molecule has 2 aliphatic rings. The van der Waals surface area contributed by atoms with Crippen LogP contribution in [0.3, 0.4) is 0 Å². The van der Waals surface area contributed by atoms with Gasteiger partial charge in [-0.05, 0) is 105 Å². The monoisotopic (exact) mass is 376 g/mol. The van der Waals surface area contributed by atoms with Crippen molar-refractivity contribution >= 4 is 22.1 Å². The largest absolute Gasteiger partial charge is 0.360 e. The minimum Gasteiger partial charge on any atom is -0.360 e. The van der Waals surface area contributed by atoms with E-state index >= 15 is 0 Å². The van der Waals surface area contributed by atoms with E-state index in [0.29, 0.717) is 5.41 Å². The van der Waals surface area contributed by atoms with Gasteiger partial charge in [-0.3, -0.25) is 4.79 Å². The molecule has 1 atom stereocenters. The van der Waals surface area contributed by atoms with Gasteiger partial charge in [0, 0.05) is 0 Å². The molecule has 0 aliphatic heterocycles. The van der Waals surface area contributed by atoms with E-state index < -0.39 is 6.10 Å². The third-order valence-corrected chi connectivity index (χ3v) is 6.38. The van der Waals surface area contributed by atoms with Gasteiger partial charge < -0.3 is 4.74 Å². The number of hydrogen-bond acceptors (Lipinski definition) is 2. The Bertz CT molecular complexity index is 954. The Balaban J connectivity index is 1.93. The van der Waals surface area contributed by atoms with Crippen LogP contribution in [0.4, 0.5) is 0 Å². The Labute approximate surface area is 169 Å². The summed E-state index contributed by atoms with van der Waals surface area (Å²) in [6.07, 6.45) is 8.22. The van der Waals surface area contributed by atoms with Gasteiger partial charge in [-0.15, -0.1) is 0 Å². The smallest absolute Gasteiger partial charge is 0.163 e. The van der Waals surface area contributed by atoms with Gasteiger partial charge in [0.2, 0.25) is 0 Å². The molecule has 1 saturated carbocycles. The first kappa shape index (κ1) is 19.4. The minimum atomic E-state index is -0.530. The number of ketones is 1. The molecule has 0 heterocycles. The molecule has 0 amide bonds. The highest BCUT2D eigenvalue weighted by Gasteiger charge is 2.43. The topological polar surface area (TPSA) is 26.3 Å². The van der Waals surface area contributed by atoms with Gasteiger partial charge in [-0.1, -0.05) is 36.4 Å². The van der Waals surface area contributed by atoms with Crippen LogP contribution in [0.5, 0.6) is 0 Å². The zero-order valence-corrected chi connectivity index (χ0v) is 17.9. The summed E-state index contributed by atoms with van der Waals surface area (Å²) >= 11 is 0. The summed E-state index contributed by atoms with van der Waals surface area (Å²) in [6.45, 7) is 9.85. The van der Waals surface area contributed by atoms with Gasteiger partial charge in [0.15, 0.2) is 5.78 Å². The second kappa shape index (κ2) is 6.84. The third-order valence-electron chi connectivity index (χ3n) is 6.38. The van der Waals surface area contributed by atoms with E-state index in [1.165, 1.54) is 47.6 Å². The number of allylic oxidation sites excluding steroid dienone is 2. The second-order valence-electron chi connectivity index (χ2n) is 9.86. The van der Waals surface area contributed by atoms with Gasteiger partial charge in [-0.2, -0.15) is 0 Å². The molecule has 2 aliphatic carbocycles. The summed E-state index contributed by atoms with van der Waals surface area (Å²) in [5.74, 6) is 0.0737. The molecular formula is C26H32O2. The lowest BCUT2D eigenvalue weighted by atomic mass is 9.79. The zero-order valence-electron chi connectivity index (χ0n) is 17.9. The summed E-state index contributed by atoms with van der Waals surface area (Å²) < 4.78 is 6.32. The minimum absolute atomic E-state index is 0.0737. The predicted molar refractivity (Wildman–Crippen MR) is 116 cm³/mol. The summed E-state index contributed by atoms with van der Waals surface area (Å²) in [7, 11) is 0. The average molecular weight is 377 g/mol. The number of carbonyl (C=O) groups excluding carboxylic acids is 1. The van der Waals surface area contributed by atoms with Crippen molar-refractivity contribution in [3.63, 3.8) is 0 Å². The van der Waals surface area contributed by atoms with Crippen LogP contribution in [0.1, 0.15) is 82.6 Å². The Morgan fingerprint density at radius 2 is 1.86 bits per heavy atom. The molecule has 28 heavy (non-hydrogen) atoms. The van der Waals surface area contributed by atoms with Crippen molar-refractivity contribution in [2.24, 2.45) is 5.41 Å². The normalized spacial score (nSPS) is 19.5. The van der Waals surface area contributed by atoms with Gasteiger partial charge >= 0.3 is 0 Å². The second-order valence-corrected chi connectivity index (χ2v) is 9.86. The first-order chi connectivity index (χ1) is 13.2. The number of carbonyl (C=O) groups is 1. The number of aryl methyl sites for hydroxylation is 1. The predicted octanol–water partition coefficient (Wildman–Crippen LogP) is 6.94. The number of fused-ring (bicyclic) bond motifs is 1. The van der Waals surface area contributed by atoms with E-state index in [4.69, 9.17) is 4.74 Å². The summed E-state index contributed by atoms with van der Waals surface area (Å²) in [6, 6.07) is 10.8. The molecule has 0 bridgehead atoms. The van der Waals surface area contributed by atoms with Crippen LogP contribution in [-0.2, 0) is 9.53 Å². The molecule has 0 unspecified atom stereocenters. The maximum Gasteiger partial charge on any atom is 0.163 e. The number of ether oxygens (including phenoxy) is 1. The molecule has 1 fully saturated rings. The Hall–Kier alpha value is -1.93. The highest BCUT2D eigenvalue weighted by molar-refractivity contribution is 5.98. The quantitative estimate of drug-likeness (QED) is 0.577. The zero-order chi connectivity index (χ0) is 20.1. The van der Waals surface area contributed by atoms with Crippen LogP contribution in [-0.4, -0.2) is 11.4 Å². The molecule has 4 rings (SSSR count). The molecule has 2 heteroatoms. The average Bonchev–Trinajstić information content (AvgIpc) is 3.38. The number of hydrogen-bond donors (Lipinski definition) is 0. The van der Waals surface area contributed by atoms with Gasteiger partial charge in [0.05, 0.1) is 5.60 Å². The van der Waals surface area contributed by atoms with Crippen LogP contribution in [0.2, 0.25) is 0 Å². The Kier molecular flexibility index (Phi) is 4.74. The Morgan fingerprint density at radius 1 is 1.14 bits per heavy atom. The van der Waals surface area contributed by atoms with Crippen molar-refractivity contribution in [1.29, 1.82) is 0 Å². The SMILES string of the molecule is CC(=O)[C@@H](OC(C)(C)C)c1c(C)cc2ccccc2c1C1=CCC2(CC1)CC2. The summed E-state index contributed by atoms with van der Waals surface area (Å²) in [5, 5.41) is 2.48. The molecule has 2 aromatic rings.